The number of hydrogen-bond donors (Lipinski definition) is 0. The van der Waals surface area contributed by atoms with Crippen LogP contribution in [0, 0.1) is 0 Å². The van der Waals surface area contributed by atoms with E-state index in [-0.39, 0.29) is 11.1 Å². The molecule has 0 fully saturated rings. The molecule has 0 spiro atoms. The van der Waals surface area contributed by atoms with Crippen molar-refractivity contribution < 1.29 is 13.2 Å². The molecule has 2 aromatic carbocycles. The van der Waals surface area contributed by atoms with Crippen molar-refractivity contribution in [3.05, 3.63) is 70.7 Å². The first-order chi connectivity index (χ1) is 9.39. The Morgan fingerprint density at radius 2 is 1.40 bits per heavy atom. The Hall–Kier alpha value is -1.74. The van der Waals surface area contributed by atoms with Gasteiger partial charge in [-0.15, -0.1) is 0 Å². The van der Waals surface area contributed by atoms with Crippen molar-refractivity contribution in [2.45, 2.75) is 13.1 Å². The summed E-state index contributed by atoms with van der Waals surface area (Å²) in [5.74, 6) is 0. The Balaban J connectivity index is 2.61. The van der Waals surface area contributed by atoms with Crippen LogP contribution in [0.3, 0.4) is 0 Å². The molecule has 0 nitrogen and oxygen atoms in total. The third-order valence-electron chi connectivity index (χ3n) is 3.00. The van der Waals surface area contributed by atoms with Crippen LogP contribution in [-0.4, -0.2) is 6.18 Å². The first-order valence-electron chi connectivity index (χ1n) is 5.99. The Morgan fingerprint density at radius 1 is 0.850 bits per heavy atom. The Morgan fingerprint density at radius 3 is 1.90 bits per heavy atom. The van der Waals surface area contributed by atoms with Gasteiger partial charge in [0.25, 0.3) is 0 Å². The predicted octanol–water partition coefficient (Wildman–Crippen LogP) is 5.83. The first kappa shape index (κ1) is 14.7. The quantitative estimate of drug-likeness (QED) is 0.611. The van der Waals surface area contributed by atoms with E-state index in [1.54, 1.807) is 42.5 Å². The van der Waals surface area contributed by atoms with Crippen LogP contribution in [-0.2, 0) is 0 Å². The molecule has 2 rings (SSSR count). The van der Waals surface area contributed by atoms with Crippen molar-refractivity contribution in [1.29, 1.82) is 0 Å². The van der Waals surface area contributed by atoms with Gasteiger partial charge in [-0.25, -0.2) is 0 Å². The lowest BCUT2D eigenvalue weighted by Gasteiger charge is -2.16. The molecule has 0 aromatic heterocycles. The number of allylic oxidation sites excluding steroid dienone is 2. The van der Waals surface area contributed by atoms with Gasteiger partial charge in [-0.2, -0.15) is 13.2 Å². The molecule has 0 heterocycles. The molecule has 0 amide bonds. The van der Waals surface area contributed by atoms with Crippen molar-refractivity contribution in [2.75, 3.05) is 0 Å². The van der Waals surface area contributed by atoms with Gasteiger partial charge in [-0.3, -0.25) is 0 Å². The summed E-state index contributed by atoms with van der Waals surface area (Å²) in [5, 5.41) is 0.495. The molecule has 20 heavy (non-hydrogen) atoms. The van der Waals surface area contributed by atoms with Crippen LogP contribution < -0.4 is 0 Å². The largest absolute Gasteiger partial charge is 0.417 e. The van der Waals surface area contributed by atoms with Gasteiger partial charge in [0.2, 0.25) is 0 Å². The van der Waals surface area contributed by atoms with Crippen LogP contribution in [0.1, 0.15) is 18.1 Å². The second kappa shape index (κ2) is 5.71. The van der Waals surface area contributed by atoms with E-state index in [9.17, 15) is 13.2 Å². The Bertz CT molecular complexity index is 610. The van der Waals surface area contributed by atoms with Crippen LogP contribution in [0.2, 0.25) is 5.02 Å². The van der Waals surface area contributed by atoms with E-state index in [4.69, 9.17) is 11.6 Å². The molecule has 0 aliphatic heterocycles. The van der Waals surface area contributed by atoms with E-state index in [0.717, 1.165) is 0 Å². The average Bonchev–Trinajstić information content (AvgIpc) is 2.39. The van der Waals surface area contributed by atoms with Crippen LogP contribution in [0.5, 0.6) is 0 Å². The summed E-state index contributed by atoms with van der Waals surface area (Å²) in [6.45, 7) is 1.47. The maximum Gasteiger partial charge on any atom is 0.417 e. The molecule has 0 aliphatic carbocycles. The van der Waals surface area contributed by atoms with Crippen LogP contribution >= 0.6 is 11.6 Å². The Labute approximate surface area is 120 Å². The molecular weight excluding hydrogens is 285 g/mol. The summed E-state index contributed by atoms with van der Waals surface area (Å²) in [4.78, 5) is 0. The second-order valence-electron chi connectivity index (χ2n) is 4.37. The normalized spacial score (nSPS) is 13.1. The molecule has 0 bridgehead atoms. The summed E-state index contributed by atoms with van der Waals surface area (Å²) in [7, 11) is 0. The second-order valence-corrected chi connectivity index (χ2v) is 4.81. The standard InChI is InChI=1S/C16H12ClF3/c1-11(12-7-9-14(17)10-8-12)15(16(18,19)20)13-5-3-2-4-6-13/h2-10H,1H3/b15-11-. The third-order valence-corrected chi connectivity index (χ3v) is 3.25. The van der Waals surface area contributed by atoms with Crippen molar-refractivity contribution in [3.63, 3.8) is 0 Å². The fraction of sp³-hybridized carbons (Fsp3) is 0.125. The van der Waals surface area contributed by atoms with E-state index >= 15 is 0 Å². The number of rotatable bonds is 2. The Kier molecular flexibility index (Phi) is 4.19. The average molecular weight is 297 g/mol. The predicted molar refractivity (Wildman–Crippen MR) is 76.4 cm³/mol. The topological polar surface area (TPSA) is 0 Å². The zero-order valence-electron chi connectivity index (χ0n) is 10.7. The zero-order valence-corrected chi connectivity index (χ0v) is 11.5. The molecule has 0 aliphatic rings. The summed E-state index contributed by atoms with van der Waals surface area (Å²) in [6.07, 6.45) is -4.41. The highest BCUT2D eigenvalue weighted by Gasteiger charge is 2.36. The minimum atomic E-state index is -4.41. The molecule has 0 unspecified atom stereocenters. The zero-order chi connectivity index (χ0) is 14.8. The fourth-order valence-corrected chi connectivity index (χ4v) is 2.17. The minimum absolute atomic E-state index is 0.160. The fourth-order valence-electron chi connectivity index (χ4n) is 2.04. The highest BCUT2D eigenvalue weighted by atomic mass is 35.5. The third kappa shape index (κ3) is 3.23. The van der Waals surface area contributed by atoms with Crippen molar-refractivity contribution >= 4 is 22.7 Å². The van der Waals surface area contributed by atoms with Crippen LogP contribution in [0.25, 0.3) is 11.1 Å². The van der Waals surface area contributed by atoms with Crippen LogP contribution in [0.4, 0.5) is 13.2 Å². The SMILES string of the molecule is C/C(=C(\c1ccccc1)C(F)(F)F)c1ccc(Cl)cc1. The highest BCUT2D eigenvalue weighted by Crippen LogP contribution is 2.39. The van der Waals surface area contributed by atoms with Crippen molar-refractivity contribution in [2.24, 2.45) is 0 Å². The van der Waals surface area contributed by atoms with Gasteiger partial charge in [-0.05, 0) is 35.8 Å². The van der Waals surface area contributed by atoms with Crippen molar-refractivity contribution in [1.82, 2.24) is 0 Å². The highest BCUT2D eigenvalue weighted by molar-refractivity contribution is 6.30. The van der Waals surface area contributed by atoms with E-state index in [2.05, 4.69) is 0 Å². The molecule has 0 atom stereocenters. The maximum absolute atomic E-state index is 13.3. The van der Waals surface area contributed by atoms with Gasteiger partial charge in [0.1, 0.15) is 0 Å². The van der Waals surface area contributed by atoms with E-state index in [0.29, 0.717) is 10.6 Å². The lowest BCUT2D eigenvalue weighted by atomic mass is 9.95. The summed E-state index contributed by atoms with van der Waals surface area (Å²) in [6, 6.07) is 14.1. The number of hydrogen-bond acceptors (Lipinski definition) is 0. The van der Waals surface area contributed by atoms with Gasteiger partial charge in [-0.1, -0.05) is 54.1 Å². The molecule has 0 N–H and O–H groups in total. The summed E-state index contributed by atoms with van der Waals surface area (Å²) in [5.41, 5.74) is 0.221. The first-order valence-corrected chi connectivity index (χ1v) is 6.37. The van der Waals surface area contributed by atoms with Gasteiger partial charge >= 0.3 is 6.18 Å². The van der Waals surface area contributed by atoms with Crippen molar-refractivity contribution in [3.8, 4) is 0 Å². The van der Waals surface area contributed by atoms with E-state index < -0.39 is 11.7 Å². The smallest absolute Gasteiger partial charge is 0.166 e. The van der Waals surface area contributed by atoms with E-state index in [1.165, 1.54) is 19.1 Å². The maximum atomic E-state index is 13.3. The minimum Gasteiger partial charge on any atom is -0.166 e. The monoisotopic (exact) mass is 296 g/mol. The van der Waals surface area contributed by atoms with Gasteiger partial charge in [0, 0.05) is 5.02 Å². The van der Waals surface area contributed by atoms with E-state index in [1.807, 2.05) is 0 Å². The van der Waals surface area contributed by atoms with Gasteiger partial charge in [0.05, 0.1) is 5.57 Å². The van der Waals surface area contributed by atoms with Gasteiger partial charge < -0.3 is 0 Å². The lowest BCUT2D eigenvalue weighted by molar-refractivity contribution is -0.0685. The number of alkyl halides is 3. The molecule has 2 aromatic rings. The summed E-state index contributed by atoms with van der Waals surface area (Å²) < 4.78 is 40.0. The number of benzene rings is 2. The lowest BCUT2D eigenvalue weighted by Crippen LogP contribution is -2.12. The molecule has 0 radical (unpaired) electrons. The van der Waals surface area contributed by atoms with Crippen LogP contribution in [0.15, 0.2) is 54.6 Å². The molecular formula is C16H12ClF3. The molecule has 4 heteroatoms. The summed E-state index contributed by atoms with van der Waals surface area (Å²) >= 11 is 5.76. The molecule has 104 valence electrons. The molecule has 0 saturated carbocycles. The van der Waals surface area contributed by atoms with Gasteiger partial charge in [0.15, 0.2) is 0 Å². The number of halogens is 4. The molecule has 0 saturated heterocycles.